The molecule has 0 aliphatic carbocycles. The van der Waals surface area contributed by atoms with Crippen molar-refractivity contribution < 1.29 is 23.1 Å². The Labute approximate surface area is 193 Å². The van der Waals surface area contributed by atoms with Gasteiger partial charge in [0.2, 0.25) is 0 Å². The Bertz CT molecular complexity index is 1120. The number of hydrogen-bond donors (Lipinski definition) is 2. The molecule has 33 heavy (non-hydrogen) atoms. The van der Waals surface area contributed by atoms with Crippen LogP contribution in [-0.4, -0.2) is 29.8 Å². The fourth-order valence-electron chi connectivity index (χ4n) is 3.04. The van der Waals surface area contributed by atoms with E-state index in [2.05, 4.69) is 15.6 Å². The zero-order valence-corrected chi connectivity index (χ0v) is 19.6. The van der Waals surface area contributed by atoms with Crippen LogP contribution in [0.2, 0.25) is 0 Å². The van der Waals surface area contributed by atoms with Gasteiger partial charge in [0.15, 0.2) is 5.58 Å². The van der Waals surface area contributed by atoms with Gasteiger partial charge in [-0.25, -0.2) is 9.18 Å². The van der Waals surface area contributed by atoms with Crippen LogP contribution in [0.15, 0.2) is 64.9 Å². The Hall–Kier alpha value is -3.55. The molecule has 0 saturated carbocycles. The molecule has 7 nitrogen and oxygen atoms in total. The summed E-state index contributed by atoms with van der Waals surface area (Å²) in [7, 11) is 0. The van der Waals surface area contributed by atoms with Gasteiger partial charge in [0.05, 0.1) is 11.9 Å². The van der Waals surface area contributed by atoms with Crippen LogP contribution in [0.1, 0.15) is 40.2 Å². The molecule has 0 spiro atoms. The first-order valence-corrected chi connectivity index (χ1v) is 10.7. The molecule has 0 aliphatic rings. The summed E-state index contributed by atoms with van der Waals surface area (Å²) in [6.45, 7) is 9.28. The molecule has 0 atom stereocenters. The van der Waals surface area contributed by atoms with Crippen LogP contribution in [0.4, 0.5) is 15.2 Å². The summed E-state index contributed by atoms with van der Waals surface area (Å²) in [4.78, 5) is 16.2. The maximum Gasteiger partial charge on any atom is 0.407 e. The first-order chi connectivity index (χ1) is 15.6. The van der Waals surface area contributed by atoms with Gasteiger partial charge in [-0.3, -0.25) is 0 Å². The van der Waals surface area contributed by atoms with Crippen LogP contribution in [0.3, 0.4) is 0 Å². The topological polar surface area (TPSA) is 85.6 Å². The normalized spacial score (nSPS) is 12.5. The fraction of sp³-hybridized carbons (Fsp3) is 0.360. The highest BCUT2D eigenvalue weighted by Crippen LogP contribution is 2.29. The number of oxazole rings is 1. The van der Waals surface area contributed by atoms with Gasteiger partial charge in [-0.15, -0.1) is 0 Å². The number of anilines is 1. The summed E-state index contributed by atoms with van der Waals surface area (Å²) in [5, 5.41) is 5.83. The molecule has 0 bridgehead atoms. The third-order valence-electron chi connectivity index (χ3n) is 4.71. The van der Waals surface area contributed by atoms with Crippen molar-refractivity contribution in [2.75, 3.05) is 18.5 Å². The Balaban J connectivity index is 1.60. The van der Waals surface area contributed by atoms with E-state index in [4.69, 9.17) is 13.9 Å². The smallest absolute Gasteiger partial charge is 0.407 e. The van der Waals surface area contributed by atoms with E-state index in [1.165, 1.54) is 0 Å². The monoisotopic (exact) mass is 455 g/mol. The lowest BCUT2D eigenvalue weighted by Gasteiger charge is -2.25. The fourth-order valence-corrected chi connectivity index (χ4v) is 3.04. The number of carbonyl (C=O) groups excluding carboxylic acids is 1. The highest BCUT2D eigenvalue weighted by atomic mass is 19.1. The van der Waals surface area contributed by atoms with E-state index in [0.29, 0.717) is 29.2 Å². The van der Waals surface area contributed by atoms with Crippen LogP contribution < -0.4 is 15.4 Å². The van der Waals surface area contributed by atoms with Crippen LogP contribution in [0.25, 0.3) is 11.1 Å². The van der Waals surface area contributed by atoms with Crippen molar-refractivity contribution in [2.45, 2.75) is 45.8 Å². The third kappa shape index (κ3) is 6.97. The summed E-state index contributed by atoms with van der Waals surface area (Å²) in [5.41, 5.74) is 1.55. The molecule has 1 aromatic heterocycles. The number of amides is 1. The average Bonchev–Trinajstić information content (AvgIpc) is 3.14. The van der Waals surface area contributed by atoms with E-state index >= 15 is 0 Å². The molecule has 3 rings (SSSR count). The van der Waals surface area contributed by atoms with Gasteiger partial charge in [-0.1, -0.05) is 30.3 Å². The molecule has 0 saturated heterocycles. The molecule has 176 valence electrons. The predicted octanol–water partition coefficient (Wildman–Crippen LogP) is 5.93. The Morgan fingerprint density at radius 1 is 1.12 bits per heavy atom. The van der Waals surface area contributed by atoms with Gasteiger partial charge >= 0.3 is 6.09 Å². The van der Waals surface area contributed by atoms with Gasteiger partial charge in [0, 0.05) is 18.2 Å². The molecule has 1 amide bonds. The SMILES string of the molecule is CC(C)(C)OC(=O)NCC(=CF)COc1ccc2nc(NC(C)(C)c3ccccc3)oc2c1. The van der Waals surface area contributed by atoms with Crippen molar-refractivity contribution in [2.24, 2.45) is 0 Å². The number of ether oxygens (including phenoxy) is 2. The van der Waals surface area contributed by atoms with Crippen LogP contribution in [0, 0.1) is 0 Å². The molecule has 3 aromatic rings. The van der Waals surface area contributed by atoms with Crippen molar-refractivity contribution in [3.63, 3.8) is 0 Å². The summed E-state index contributed by atoms with van der Waals surface area (Å²) >= 11 is 0. The number of rotatable bonds is 8. The first kappa shape index (κ1) is 24.1. The van der Waals surface area contributed by atoms with Gasteiger partial charge < -0.3 is 24.5 Å². The number of benzene rings is 2. The standard InChI is InChI=1S/C25H30FN3O4/c1-24(2,3)33-23(30)27-15-17(14-26)16-31-19-11-12-20-21(13-19)32-22(28-20)29-25(4,5)18-9-7-6-8-10-18/h6-14H,15-16H2,1-5H3,(H,27,30)(H,28,29). The maximum absolute atomic E-state index is 13.2. The van der Waals surface area contributed by atoms with E-state index in [1.807, 2.05) is 44.2 Å². The maximum atomic E-state index is 13.2. The molecule has 2 N–H and O–H groups in total. The number of halogens is 1. The van der Waals surface area contributed by atoms with Crippen molar-refractivity contribution in [1.82, 2.24) is 10.3 Å². The van der Waals surface area contributed by atoms with Crippen LogP contribution in [-0.2, 0) is 10.3 Å². The molecular weight excluding hydrogens is 425 g/mol. The molecule has 0 aliphatic heterocycles. The molecule has 1 heterocycles. The highest BCUT2D eigenvalue weighted by molar-refractivity contribution is 5.76. The first-order valence-electron chi connectivity index (χ1n) is 10.7. The van der Waals surface area contributed by atoms with Gasteiger partial charge in [-0.05, 0) is 52.3 Å². The van der Waals surface area contributed by atoms with Crippen molar-refractivity contribution in [3.05, 3.63) is 66.0 Å². The van der Waals surface area contributed by atoms with E-state index in [-0.39, 0.29) is 24.3 Å². The number of aromatic nitrogens is 1. The lowest BCUT2D eigenvalue weighted by Crippen LogP contribution is -2.34. The number of hydrogen-bond acceptors (Lipinski definition) is 6. The van der Waals surface area contributed by atoms with Crippen LogP contribution >= 0.6 is 0 Å². The number of nitrogens with one attached hydrogen (secondary N) is 2. The zero-order valence-electron chi connectivity index (χ0n) is 19.6. The van der Waals surface area contributed by atoms with Crippen molar-refractivity contribution >= 4 is 23.2 Å². The molecular formula is C25H30FN3O4. The highest BCUT2D eigenvalue weighted by Gasteiger charge is 2.22. The summed E-state index contributed by atoms with van der Waals surface area (Å²) < 4.78 is 29.9. The van der Waals surface area contributed by atoms with E-state index in [0.717, 1.165) is 5.56 Å². The number of fused-ring (bicyclic) bond motifs is 1. The molecule has 8 heteroatoms. The molecule has 0 radical (unpaired) electrons. The largest absolute Gasteiger partial charge is 0.489 e. The molecule has 0 fully saturated rings. The number of nitrogens with zero attached hydrogens (tertiary/aromatic N) is 1. The van der Waals surface area contributed by atoms with Gasteiger partial charge in [0.1, 0.15) is 23.5 Å². The Kier molecular flexibility index (Phi) is 7.26. The van der Waals surface area contributed by atoms with E-state index in [1.54, 1.807) is 39.0 Å². The third-order valence-corrected chi connectivity index (χ3v) is 4.71. The molecule has 2 aromatic carbocycles. The van der Waals surface area contributed by atoms with E-state index < -0.39 is 11.7 Å². The Morgan fingerprint density at radius 3 is 2.52 bits per heavy atom. The second-order valence-electron chi connectivity index (χ2n) is 9.18. The van der Waals surface area contributed by atoms with E-state index in [9.17, 15) is 9.18 Å². The molecule has 0 unspecified atom stereocenters. The minimum absolute atomic E-state index is 0.0292. The van der Waals surface area contributed by atoms with Crippen molar-refractivity contribution in [1.29, 1.82) is 0 Å². The van der Waals surface area contributed by atoms with Crippen molar-refractivity contribution in [3.8, 4) is 5.75 Å². The quantitative estimate of drug-likeness (QED) is 0.438. The second-order valence-corrected chi connectivity index (χ2v) is 9.18. The summed E-state index contributed by atoms with van der Waals surface area (Å²) in [5.74, 6) is 0.490. The summed E-state index contributed by atoms with van der Waals surface area (Å²) in [6, 6.07) is 15.6. The summed E-state index contributed by atoms with van der Waals surface area (Å²) in [6.07, 6.45) is -0.207. The average molecular weight is 456 g/mol. The van der Waals surface area contributed by atoms with Crippen LogP contribution in [0.5, 0.6) is 5.75 Å². The second kappa shape index (κ2) is 9.94. The minimum atomic E-state index is -0.628. The lowest BCUT2D eigenvalue weighted by molar-refractivity contribution is 0.0531. The minimum Gasteiger partial charge on any atom is -0.489 e. The Morgan fingerprint density at radius 2 is 1.85 bits per heavy atom. The lowest BCUT2D eigenvalue weighted by atomic mass is 9.95. The zero-order chi connectivity index (χ0) is 24.1. The predicted molar refractivity (Wildman–Crippen MR) is 126 cm³/mol. The number of carbonyl (C=O) groups is 1. The number of alkyl carbamates (subject to hydrolysis) is 1. The van der Waals surface area contributed by atoms with Gasteiger partial charge in [-0.2, -0.15) is 4.98 Å². The van der Waals surface area contributed by atoms with Gasteiger partial charge in [0.25, 0.3) is 6.01 Å².